The molecule has 0 spiro atoms. The molecular formula is C15H14ClNO2S. The van der Waals surface area contributed by atoms with E-state index >= 15 is 0 Å². The van der Waals surface area contributed by atoms with Crippen LogP contribution in [0, 0.1) is 0 Å². The Morgan fingerprint density at radius 2 is 1.85 bits per heavy atom. The van der Waals surface area contributed by atoms with E-state index in [2.05, 4.69) is 0 Å². The number of nitrogens with two attached hydrogens (primary N) is 1. The third kappa shape index (κ3) is 3.40. The summed E-state index contributed by atoms with van der Waals surface area (Å²) in [4.78, 5) is 0.299. The zero-order chi connectivity index (χ0) is 14.5. The van der Waals surface area contributed by atoms with Crippen molar-refractivity contribution in [2.45, 2.75) is 6.92 Å². The van der Waals surface area contributed by atoms with Crippen LogP contribution >= 0.6 is 23.8 Å². The van der Waals surface area contributed by atoms with Crippen LogP contribution in [0.4, 0.5) is 0 Å². The van der Waals surface area contributed by atoms with Crippen LogP contribution in [-0.4, -0.2) is 11.6 Å². The molecule has 104 valence electrons. The smallest absolute Gasteiger partial charge is 0.169 e. The summed E-state index contributed by atoms with van der Waals surface area (Å²) in [6.07, 6.45) is 0. The molecule has 0 aliphatic carbocycles. The van der Waals surface area contributed by atoms with Gasteiger partial charge in [0.1, 0.15) is 10.7 Å². The highest BCUT2D eigenvalue weighted by molar-refractivity contribution is 7.80. The van der Waals surface area contributed by atoms with Crippen molar-refractivity contribution in [3.63, 3.8) is 0 Å². The summed E-state index contributed by atoms with van der Waals surface area (Å²) in [5.41, 5.74) is 6.27. The SMILES string of the molecule is CCOc1ccccc1Oc1ccc(C(N)=S)cc1Cl. The molecule has 0 heterocycles. The maximum Gasteiger partial charge on any atom is 0.169 e. The summed E-state index contributed by atoms with van der Waals surface area (Å²) in [5.74, 6) is 1.81. The highest BCUT2D eigenvalue weighted by Crippen LogP contribution is 2.35. The zero-order valence-electron chi connectivity index (χ0n) is 10.9. The Hall–Kier alpha value is -1.78. The summed E-state index contributed by atoms with van der Waals surface area (Å²) in [5, 5.41) is 0.446. The van der Waals surface area contributed by atoms with Crippen molar-refractivity contribution in [3.8, 4) is 17.2 Å². The van der Waals surface area contributed by atoms with E-state index in [1.807, 2.05) is 31.2 Å². The lowest BCUT2D eigenvalue weighted by Gasteiger charge is -2.12. The van der Waals surface area contributed by atoms with Gasteiger partial charge < -0.3 is 15.2 Å². The standard InChI is InChI=1S/C15H14ClNO2S/c1-2-18-13-5-3-4-6-14(13)19-12-8-7-10(15(17)20)9-11(12)16/h3-9H,2H2,1H3,(H2,17,20). The van der Waals surface area contributed by atoms with Gasteiger partial charge in [0, 0.05) is 5.56 Å². The van der Waals surface area contributed by atoms with Crippen LogP contribution in [0.5, 0.6) is 17.2 Å². The largest absolute Gasteiger partial charge is 0.490 e. The molecule has 2 rings (SSSR count). The molecular weight excluding hydrogens is 294 g/mol. The zero-order valence-corrected chi connectivity index (χ0v) is 12.5. The van der Waals surface area contributed by atoms with Gasteiger partial charge in [-0.15, -0.1) is 0 Å². The molecule has 20 heavy (non-hydrogen) atoms. The second kappa shape index (κ2) is 6.59. The van der Waals surface area contributed by atoms with Crippen LogP contribution < -0.4 is 15.2 Å². The fourth-order valence-electron chi connectivity index (χ4n) is 1.66. The van der Waals surface area contributed by atoms with Crippen molar-refractivity contribution < 1.29 is 9.47 Å². The van der Waals surface area contributed by atoms with Crippen LogP contribution in [0.3, 0.4) is 0 Å². The van der Waals surface area contributed by atoms with Gasteiger partial charge >= 0.3 is 0 Å². The first-order valence-electron chi connectivity index (χ1n) is 6.11. The summed E-state index contributed by atoms with van der Waals surface area (Å²) in [6, 6.07) is 12.6. The van der Waals surface area contributed by atoms with Gasteiger partial charge in [-0.25, -0.2) is 0 Å². The summed E-state index contributed by atoms with van der Waals surface area (Å²) >= 11 is 11.1. The molecule has 5 heteroatoms. The van der Waals surface area contributed by atoms with Crippen molar-refractivity contribution >= 4 is 28.8 Å². The summed E-state index contributed by atoms with van der Waals surface area (Å²) < 4.78 is 11.3. The molecule has 0 saturated carbocycles. The Kier molecular flexibility index (Phi) is 4.82. The number of hydrogen-bond donors (Lipinski definition) is 1. The van der Waals surface area contributed by atoms with E-state index in [-0.39, 0.29) is 0 Å². The Morgan fingerprint density at radius 1 is 1.15 bits per heavy atom. The highest BCUT2D eigenvalue weighted by Gasteiger charge is 2.09. The van der Waals surface area contributed by atoms with E-state index in [4.69, 9.17) is 39.0 Å². The van der Waals surface area contributed by atoms with Crippen LogP contribution in [0.1, 0.15) is 12.5 Å². The number of halogens is 1. The van der Waals surface area contributed by atoms with Crippen LogP contribution in [0.2, 0.25) is 5.02 Å². The molecule has 0 unspecified atom stereocenters. The number of hydrogen-bond acceptors (Lipinski definition) is 3. The van der Waals surface area contributed by atoms with Gasteiger partial charge in [-0.2, -0.15) is 0 Å². The van der Waals surface area contributed by atoms with Gasteiger partial charge in [0.05, 0.1) is 11.6 Å². The second-order valence-corrected chi connectivity index (χ2v) is 4.84. The van der Waals surface area contributed by atoms with Crippen molar-refractivity contribution in [2.24, 2.45) is 5.73 Å². The van der Waals surface area contributed by atoms with Crippen molar-refractivity contribution in [2.75, 3.05) is 6.61 Å². The minimum atomic E-state index is 0.299. The molecule has 0 aromatic heterocycles. The normalized spacial score (nSPS) is 10.1. The van der Waals surface area contributed by atoms with E-state index < -0.39 is 0 Å². The van der Waals surface area contributed by atoms with E-state index in [1.54, 1.807) is 18.2 Å². The topological polar surface area (TPSA) is 44.5 Å². The van der Waals surface area contributed by atoms with Gasteiger partial charge in [-0.3, -0.25) is 0 Å². The minimum absolute atomic E-state index is 0.299. The lowest BCUT2D eigenvalue weighted by atomic mass is 10.2. The Balaban J connectivity index is 2.28. The maximum atomic E-state index is 6.17. The summed E-state index contributed by atoms with van der Waals surface area (Å²) in [7, 11) is 0. The number of ether oxygens (including phenoxy) is 2. The van der Waals surface area contributed by atoms with Crippen LogP contribution in [0.15, 0.2) is 42.5 Å². The minimum Gasteiger partial charge on any atom is -0.490 e. The molecule has 0 atom stereocenters. The molecule has 0 fully saturated rings. The second-order valence-electron chi connectivity index (χ2n) is 3.99. The fourth-order valence-corrected chi connectivity index (χ4v) is 2.01. The molecule has 0 radical (unpaired) electrons. The van der Waals surface area contributed by atoms with Gasteiger partial charge in [-0.1, -0.05) is 36.0 Å². The number of rotatable bonds is 5. The maximum absolute atomic E-state index is 6.17. The van der Waals surface area contributed by atoms with Gasteiger partial charge in [0.2, 0.25) is 0 Å². The molecule has 0 bridgehead atoms. The Labute approximate surface area is 128 Å². The first kappa shape index (κ1) is 14.6. The number of para-hydroxylation sites is 2. The lowest BCUT2D eigenvalue weighted by molar-refractivity contribution is 0.321. The number of benzene rings is 2. The van der Waals surface area contributed by atoms with Gasteiger partial charge in [0.25, 0.3) is 0 Å². The first-order valence-corrected chi connectivity index (χ1v) is 6.89. The molecule has 2 N–H and O–H groups in total. The quantitative estimate of drug-likeness (QED) is 0.842. The third-order valence-electron chi connectivity index (χ3n) is 2.59. The molecule has 0 aliphatic rings. The van der Waals surface area contributed by atoms with Crippen molar-refractivity contribution in [1.82, 2.24) is 0 Å². The van der Waals surface area contributed by atoms with Crippen molar-refractivity contribution in [3.05, 3.63) is 53.1 Å². The average Bonchev–Trinajstić information content (AvgIpc) is 2.43. The Bertz CT molecular complexity index is 631. The molecule has 2 aromatic rings. The first-order chi connectivity index (χ1) is 9.61. The van der Waals surface area contributed by atoms with E-state index in [9.17, 15) is 0 Å². The molecule has 2 aromatic carbocycles. The van der Waals surface area contributed by atoms with E-state index in [0.29, 0.717) is 39.4 Å². The number of thiocarbonyl (C=S) groups is 1. The van der Waals surface area contributed by atoms with Gasteiger partial charge in [0.15, 0.2) is 11.5 Å². The Morgan fingerprint density at radius 3 is 2.45 bits per heavy atom. The summed E-state index contributed by atoms with van der Waals surface area (Å²) in [6.45, 7) is 2.48. The predicted molar refractivity (Wildman–Crippen MR) is 85.0 cm³/mol. The monoisotopic (exact) mass is 307 g/mol. The van der Waals surface area contributed by atoms with Crippen molar-refractivity contribution in [1.29, 1.82) is 0 Å². The fraction of sp³-hybridized carbons (Fsp3) is 0.133. The highest BCUT2D eigenvalue weighted by atomic mass is 35.5. The van der Waals surface area contributed by atoms with Crippen LogP contribution in [-0.2, 0) is 0 Å². The lowest BCUT2D eigenvalue weighted by Crippen LogP contribution is -2.09. The predicted octanol–water partition coefficient (Wildman–Crippen LogP) is 4.17. The third-order valence-corrected chi connectivity index (χ3v) is 3.12. The van der Waals surface area contributed by atoms with E-state index in [0.717, 1.165) is 0 Å². The molecule has 0 saturated heterocycles. The molecule has 0 aliphatic heterocycles. The van der Waals surface area contributed by atoms with E-state index in [1.165, 1.54) is 0 Å². The molecule has 0 amide bonds. The average molecular weight is 308 g/mol. The van der Waals surface area contributed by atoms with Gasteiger partial charge in [-0.05, 0) is 37.3 Å². The molecule has 3 nitrogen and oxygen atoms in total. The van der Waals surface area contributed by atoms with Crippen LogP contribution in [0.25, 0.3) is 0 Å².